The highest BCUT2D eigenvalue weighted by Crippen LogP contribution is 2.30. The minimum absolute atomic E-state index is 0.0806. The summed E-state index contributed by atoms with van der Waals surface area (Å²) < 4.78 is 27.1. The van der Waals surface area contributed by atoms with Gasteiger partial charge in [0.15, 0.2) is 0 Å². The molecule has 2 amide bonds. The maximum absolute atomic E-state index is 14.0. The van der Waals surface area contributed by atoms with E-state index in [4.69, 9.17) is 5.73 Å². The number of carbonyl (C=O) groups excluding carboxylic acids is 2. The topological polar surface area (TPSA) is 75.4 Å². The van der Waals surface area contributed by atoms with Crippen molar-refractivity contribution in [1.82, 2.24) is 10.2 Å². The number of halogens is 2. The second-order valence-electron chi connectivity index (χ2n) is 6.70. The summed E-state index contributed by atoms with van der Waals surface area (Å²) in [6, 6.07) is 2.28. The molecule has 1 aliphatic heterocycles. The summed E-state index contributed by atoms with van der Waals surface area (Å²) in [7, 11) is 0. The normalized spacial score (nSPS) is 21.6. The molecule has 0 saturated carbocycles. The van der Waals surface area contributed by atoms with Crippen molar-refractivity contribution in [2.24, 2.45) is 11.1 Å². The van der Waals surface area contributed by atoms with E-state index in [1.54, 1.807) is 4.90 Å². The number of benzene rings is 1. The van der Waals surface area contributed by atoms with E-state index in [0.29, 0.717) is 19.6 Å². The third kappa shape index (κ3) is 4.29. The van der Waals surface area contributed by atoms with E-state index in [1.165, 1.54) is 13.0 Å². The first-order chi connectivity index (χ1) is 11.2. The van der Waals surface area contributed by atoms with Crippen LogP contribution in [0.2, 0.25) is 0 Å². The van der Waals surface area contributed by atoms with Crippen LogP contribution in [0.25, 0.3) is 0 Å². The average molecular weight is 339 g/mol. The second kappa shape index (κ2) is 7.25. The van der Waals surface area contributed by atoms with E-state index in [2.05, 4.69) is 5.32 Å². The molecule has 1 heterocycles. The third-order valence-corrected chi connectivity index (χ3v) is 4.50. The zero-order chi connectivity index (χ0) is 17.9. The summed E-state index contributed by atoms with van der Waals surface area (Å²) in [6.45, 7) is 4.93. The molecule has 7 heteroatoms. The first-order valence-corrected chi connectivity index (χ1v) is 7.94. The van der Waals surface area contributed by atoms with Crippen molar-refractivity contribution in [2.45, 2.75) is 32.7 Å². The van der Waals surface area contributed by atoms with E-state index in [-0.39, 0.29) is 29.2 Å². The number of amides is 2. The van der Waals surface area contributed by atoms with Crippen LogP contribution in [0.15, 0.2) is 18.2 Å². The van der Waals surface area contributed by atoms with Crippen molar-refractivity contribution in [2.75, 3.05) is 19.6 Å². The lowest BCUT2D eigenvalue weighted by Gasteiger charge is -2.25. The first kappa shape index (κ1) is 18.3. The summed E-state index contributed by atoms with van der Waals surface area (Å²) >= 11 is 0. The number of nitrogens with one attached hydrogen (secondary N) is 1. The molecule has 0 aliphatic carbocycles. The zero-order valence-corrected chi connectivity index (χ0v) is 13.9. The largest absolute Gasteiger partial charge is 0.349 e. The van der Waals surface area contributed by atoms with Gasteiger partial charge in [0.1, 0.15) is 11.6 Å². The van der Waals surface area contributed by atoms with Crippen molar-refractivity contribution >= 4 is 11.8 Å². The predicted molar refractivity (Wildman–Crippen MR) is 85.9 cm³/mol. The van der Waals surface area contributed by atoms with Gasteiger partial charge in [-0.05, 0) is 24.4 Å². The maximum Gasteiger partial charge on any atom is 0.225 e. The molecule has 1 aliphatic rings. The molecule has 3 N–H and O–H groups in total. The maximum atomic E-state index is 14.0. The molecule has 2 rings (SSSR count). The van der Waals surface area contributed by atoms with Crippen molar-refractivity contribution in [3.8, 4) is 0 Å². The molecular formula is C17H23F2N3O2. The summed E-state index contributed by atoms with van der Waals surface area (Å²) in [5.74, 6) is -2.06. The monoisotopic (exact) mass is 339 g/mol. The Hall–Kier alpha value is -2.02. The highest BCUT2D eigenvalue weighted by molar-refractivity contribution is 5.79. The molecule has 1 aromatic rings. The summed E-state index contributed by atoms with van der Waals surface area (Å²) in [5.41, 5.74) is 5.73. The van der Waals surface area contributed by atoms with Gasteiger partial charge in [-0.3, -0.25) is 9.59 Å². The standard InChI is InChI=1S/C17H23F2N3O2/c1-11(23)21-15(13-4-3-12(18)7-14(13)19)8-16(24)22-6-5-17(2,9-20)10-22/h3-4,7,15H,5-6,8-10,20H2,1-2H3,(H,21,23). The van der Waals surface area contributed by atoms with Crippen LogP contribution >= 0.6 is 0 Å². The molecule has 1 fully saturated rings. The Balaban J connectivity index is 2.14. The zero-order valence-electron chi connectivity index (χ0n) is 13.9. The Bertz CT molecular complexity index is 638. The molecule has 0 aromatic heterocycles. The van der Waals surface area contributed by atoms with Crippen LogP contribution in [0.5, 0.6) is 0 Å². The lowest BCUT2D eigenvalue weighted by Crippen LogP contribution is -2.37. The summed E-state index contributed by atoms with van der Waals surface area (Å²) in [5, 5.41) is 2.57. The highest BCUT2D eigenvalue weighted by Gasteiger charge is 2.35. The Morgan fingerprint density at radius 3 is 2.67 bits per heavy atom. The third-order valence-electron chi connectivity index (χ3n) is 4.50. The van der Waals surface area contributed by atoms with Gasteiger partial charge in [-0.15, -0.1) is 0 Å². The smallest absolute Gasteiger partial charge is 0.225 e. The summed E-state index contributed by atoms with van der Waals surface area (Å²) in [4.78, 5) is 25.6. The van der Waals surface area contributed by atoms with Gasteiger partial charge in [0.05, 0.1) is 12.5 Å². The number of carbonyl (C=O) groups is 2. The molecule has 2 unspecified atom stereocenters. The van der Waals surface area contributed by atoms with Crippen molar-refractivity contribution < 1.29 is 18.4 Å². The van der Waals surface area contributed by atoms with E-state index in [0.717, 1.165) is 18.6 Å². The number of hydrogen-bond acceptors (Lipinski definition) is 3. The van der Waals surface area contributed by atoms with E-state index in [1.807, 2.05) is 6.92 Å². The Kier molecular flexibility index (Phi) is 5.54. The van der Waals surface area contributed by atoms with Crippen LogP contribution in [-0.4, -0.2) is 36.3 Å². The van der Waals surface area contributed by atoms with Gasteiger partial charge in [-0.1, -0.05) is 13.0 Å². The molecule has 132 valence electrons. The Labute approximate surface area is 140 Å². The fraction of sp³-hybridized carbons (Fsp3) is 0.529. The molecule has 5 nitrogen and oxygen atoms in total. The molecule has 0 bridgehead atoms. The van der Waals surface area contributed by atoms with Gasteiger partial charge in [0.2, 0.25) is 11.8 Å². The first-order valence-electron chi connectivity index (χ1n) is 7.94. The lowest BCUT2D eigenvalue weighted by molar-refractivity contribution is -0.131. The number of nitrogens with zero attached hydrogens (tertiary/aromatic N) is 1. The Morgan fingerprint density at radius 2 is 2.12 bits per heavy atom. The van der Waals surface area contributed by atoms with Crippen LogP contribution in [0, 0.1) is 17.0 Å². The fourth-order valence-corrected chi connectivity index (χ4v) is 2.98. The van der Waals surface area contributed by atoms with Crippen LogP contribution in [0.1, 0.15) is 38.3 Å². The van der Waals surface area contributed by atoms with Crippen molar-refractivity contribution in [1.29, 1.82) is 0 Å². The Morgan fingerprint density at radius 1 is 1.42 bits per heavy atom. The van der Waals surface area contributed by atoms with Crippen LogP contribution in [-0.2, 0) is 9.59 Å². The second-order valence-corrected chi connectivity index (χ2v) is 6.70. The predicted octanol–water partition coefficient (Wildman–Crippen LogP) is 1.73. The van der Waals surface area contributed by atoms with Crippen molar-refractivity contribution in [3.05, 3.63) is 35.4 Å². The summed E-state index contributed by atoms with van der Waals surface area (Å²) in [6.07, 6.45) is 0.730. The fourth-order valence-electron chi connectivity index (χ4n) is 2.98. The lowest BCUT2D eigenvalue weighted by atomic mass is 9.90. The van der Waals surface area contributed by atoms with E-state index < -0.39 is 17.7 Å². The molecule has 1 saturated heterocycles. The number of hydrogen-bond donors (Lipinski definition) is 2. The van der Waals surface area contributed by atoms with Crippen LogP contribution < -0.4 is 11.1 Å². The highest BCUT2D eigenvalue weighted by atomic mass is 19.1. The van der Waals surface area contributed by atoms with Gasteiger partial charge in [0.25, 0.3) is 0 Å². The van der Waals surface area contributed by atoms with Crippen LogP contribution in [0.3, 0.4) is 0 Å². The number of rotatable bonds is 5. The number of nitrogens with two attached hydrogens (primary N) is 1. The quantitative estimate of drug-likeness (QED) is 0.858. The van der Waals surface area contributed by atoms with Gasteiger partial charge < -0.3 is 16.0 Å². The molecule has 0 radical (unpaired) electrons. The molecule has 2 atom stereocenters. The SMILES string of the molecule is CC(=O)NC(CC(=O)N1CCC(C)(CN)C1)c1ccc(F)cc1F. The van der Waals surface area contributed by atoms with Gasteiger partial charge >= 0.3 is 0 Å². The van der Waals surface area contributed by atoms with E-state index >= 15 is 0 Å². The molecular weight excluding hydrogens is 316 g/mol. The molecule has 0 spiro atoms. The van der Waals surface area contributed by atoms with Crippen LogP contribution in [0.4, 0.5) is 8.78 Å². The number of likely N-dealkylation sites (tertiary alicyclic amines) is 1. The average Bonchev–Trinajstić information content (AvgIpc) is 2.89. The molecule has 1 aromatic carbocycles. The van der Waals surface area contributed by atoms with Gasteiger partial charge in [-0.2, -0.15) is 0 Å². The van der Waals surface area contributed by atoms with E-state index in [9.17, 15) is 18.4 Å². The van der Waals surface area contributed by atoms with Gasteiger partial charge in [-0.25, -0.2) is 8.78 Å². The van der Waals surface area contributed by atoms with Gasteiger partial charge in [0, 0.05) is 31.6 Å². The minimum Gasteiger partial charge on any atom is -0.349 e. The van der Waals surface area contributed by atoms with Crippen molar-refractivity contribution in [3.63, 3.8) is 0 Å². The molecule has 24 heavy (non-hydrogen) atoms. The minimum atomic E-state index is -0.833.